The van der Waals surface area contributed by atoms with Gasteiger partial charge in [-0.3, -0.25) is 4.68 Å². The van der Waals surface area contributed by atoms with Gasteiger partial charge in [-0.1, -0.05) is 5.21 Å². The zero-order valence-electron chi connectivity index (χ0n) is 9.09. The van der Waals surface area contributed by atoms with Crippen LogP contribution in [0, 0.1) is 0 Å². The standard InChI is InChI=1S/C10H18N4O/c1-9-2-3-10(15-9)8-11-4-6-14-7-5-12-13-14/h5,7,9-11H,2-4,6,8H2,1H3. The Labute approximate surface area is 89.8 Å². The summed E-state index contributed by atoms with van der Waals surface area (Å²) in [6.07, 6.45) is 6.77. The molecule has 5 heteroatoms. The van der Waals surface area contributed by atoms with Crippen molar-refractivity contribution in [2.75, 3.05) is 13.1 Å². The van der Waals surface area contributed by atoms with Crippen molar-refractivity contribution < 1.29 is 4.74 Å². The summed E-state index contributed by atoms with van der Waals surface area (Å²) in [5.74, 6) is 0. The summed E-state index contributed by atoms with van der Waals surface area (Å²) in [4.78, 5) is 0. The molecule has 0 radical (unpaired) electrons. The summed E-state index contributed by atoms with van der Waals surface area (Å²) in [6, 6.07) is 0. The van der Waals surface area contributed by atoms with Crippen molar-refractivity contribution in [2.45, 2.75) is 38.5 Å². The van der Waals surface area contributed by atoms with E-state index in [9.17, 15) is 0 Å². The summed E-state index contributed by atoms with van der Waals surface area (Å²) in [7, 11) is 0. The maximum absolute atomic E-state index is 5.70. The van der Waals surface area contributed by atoms with Gasteiger partial charge in [-0.25, -0.2) is 0 Å². The second-order valence-electron chi connectivity index (χ2n) is 4.02. The van der Waals surface area contributed by atoms with E-state index in [-0.39, 0.29) is 0 Å². The van der Waals surface area contributed by atoms with Gasteiger partial charge in [0.25, 0.3) is 0 Å². The number of hydrogen-bond donors (Lipinski definition) is 1. The van der Waals surface area contributed by atoms with Crippen LogP contribution in [0.3, 0.4) is 0 Å². The van der Waals surface area contributed by atoms with Crippen molar-refractivity contribution in [3.05, 3.63) is 12.4 Å². The normalized spacial score (nSPS) is 25.9. The Kier molecular flexibility index (Phi) is 3.69. The first-order chi connectivity index (χ1) is 7.34. The lowest BCUT2D eigenvalue weighted by atomic mass is 10.2. The Morgan fingerprint density at radius 3 is 3.13 bits per heavy atom. The molecule has 1 aliphatic rings. The molecule has 2 atom stereocenters. The van der Waals surface area contributed by atoms with E-state index < -0.39 is 0 Å². The molecule has 15 heavy (non-hydrogen) atoms. The van der Waals surface area contributed by atoms with Gasteiger partial charge in [0.2, 0.25) is 0 Å². The van der Waals surface area contributed by atoms with Crippen molar-refractivity contribution >= 4 is 0 Å². The lowest BCUT2D eigenvalue weighted by Gasteiger charge is -2.11. The number of nitrogens with zero attached hydrogens (tertiary/aromatic N) is 3. The highest BCUT2D eigenvalue weighted by molar-refractivity contribution is 4.72. The molecule has 1 aliphatic heterocycles. The molecule has 84 valence electrons. The average molecular weight is 210 g/mol. The first-order valence-electron chi connectivity index (χ1n) is 5.55. The van der Waals surface area contributed by atoms with Crippen LogP contribution < -0.4 is 5.32 Å². The molecule has 1 fully saturated rings. The van der Waals surface area contributed by atoms with E-state index in [1.807, 2.05) is 10.9 Å². The Morgan fingerprint density at radius 2 is 2.47 bits per heavy atom. The van der Waals surface area contributed by atoms with Crippen molar-refractivity contribution in [2.24, 2.45) is 0 Å². The maximum atomic E-state index is 5.70. The molecule has 1 saturated heterocycles. The summed E-state index contributed by atoms with van der Waals surface area (Å²) >= 11 is 0. The van der Waals surface area contributed by atoms with E-state index in [2.05, 4.69) is 22.6 Å². The summed E-state index contributed by atoms with van der Waals surface area (Å²) in [5, 5.41) is 11.0. The van der Waals surface area contributed by atoms with E-state index >= 15 is 0 Å². The summed E-state index contributed by atoms with van der Waals surface area (Å²) < 4.78 is 7.53. The van der Waals surface area contributed by atoms with E-state index in [1.54, 1.807) is 6.20 Å². The highest BCUT2D eigenvalue weighted by atomic mass is 16.5. The van der Waals surface area contributed by atoms with Gasteiger partial charge in [-0.05, 0) is 19.8 Å². The fourth-order valence-corrected chi connectivity index (χ4v) is 1.84. The van der Waals surface area contributed by atoms with Gasteiger partial charge in [0, 0.05) is 19.3 Å². The summed E-state index contributed by atoms with van der Waals surface area (Å²) in [6.45, 7) is 4.86. The van der Waals surface area contributed by atoms with Crippen LogP contribution in [0.4, 0.5) is 0 Å². The molecule has 1 aromatic rings. The number of ether oxygens (including phenoxy) is 1. The van der Waals surface area contributed by atoms with Crippen LogP contribution >= 0.6 is 0 Å². The predicted molar refractivity (Wildman–Crippen MR) is 56.5 cm³/mol. The molecular formula is C10H18N4O. The molecular weight excluding hydrogens is 192 g/mol. The molecule has 0 aliphatic carbocycles. The highest BCUT2D eigenvalue weighted by Gasteiger charge is 2.20. The molecule has 0 amide bonds. The van der Waals surface area contributed by atoms with E-state index in [0.717, 1.165) is 19.6 Å². The molecule has 1 N–H and O–H groups in total. The molecule has 2 unspecified atom stereocenters. The van der Waals surface area contributed by atoms with Crippen molar-refractivity contribution in [1.82, 2.24) is 20.3 Å². The number of nitrogens with one attached hydrogen (secondary N) is 1. The third-order valence-electron chi connectivity index (χ3n) is 2.68. The number of aromatic nitrogens is 3. The molecule has 0 saturated carbocycles. The van der Waals surface area contributed by atoms with Gasteiger partial charge in [0.05, 0.1) is 24.9 Å². The van der Waals surface area contributed by atoms with Crippen LogP contribution in [-0.2, 0) is 11.3 Å². The van der Waals surface area contributed by atoms with Crippen molar-refractivity contribution in [3.63, 3.8) is 0 Å². The van der Waals surface area contributed by atoms with E-state index in [0.29, 0.717) is 12.2 Å². The van der Waals surface area contributed by atoms with Crippen molar-refractivity contribution in [3.8, 4) is 0 Å². The Hall–Kier alpha value is -0.940. The Bertz CT molecular complexity index is 275. The third kappa shape index (κ3) is 3.28. The smallest absolute Gasteiger partial charge is 0.0704 e. The lowest BCUT2D eigenvalue weighted by molar-refractivity contribution is 0.0560. The molecule has 0 aromatic carbocycles. The largest absolute Gasteiger partial charge is 0.374 e. The van der Waals surface area contributed by atoms with Crippen LogP contribution in [0.25, 0.3) is 0 Å². The Balaban J connectivity index is 1.55. The third-order valence-corrected chi connectivity index (χ3v) is 2.68. The minimum atomic E-state index is 0.399. The monoisotopic (exact) mass is 210 g/mol. The van der Waals surface area contributed by atoms with Gasteiger partial charge < -0.3 is 10.1 Å². The van der Waals surface area contributed by atoms with E-state index in [4.69, 9.17) is 4.74 Å². The van der Waals surface area contributed by atoms with Crippen LogP contribution in [0.5, 0.6) is 0 Å². The topological polar surface area (TPSA) is 52.0 Å². The molecule has 1 aromatic heterocycles. The fraction of sp³-hybridized carbons (Fsp3) is 0.800. The quantitative estimate of drug-likeness (QED) is 0.716. The molecule has 0 spiro atoms. The van der Waals surface area contributed by atoms with Gasteiger partial charge >= 0.3 is 0 Å². The average Bonchev–Trinajstić information content (AvgIpc) is 2.84. The minimum absolute atomic E-state index is 0.399. The fourth-order valence-electron chi connectivity index (χ4n) is 1.84. The summed E-state index contributed by atoms with van der Waals surface area (Å²) in [5.41, 5.74) is 0. The first-order valence-corrected chi connectivity index (χ1v) is 5.55. The first kappa shape index (κ1) is 10.6. The second-order valence-corrected chi connectivity index (χ2v) is 4.02. The number of hydrogen-bond acceptors (Lipinski definition) is 4. The minimum Gasteiger partial charge on any atom is -0.374 e. The molecule has 5 nitrogen and oxygen atoms in total. The van der Waals surface area contributed by atoms with Crippen molar-refractivity contribution in [1.29, 1.82) is 0 Å². The second kappa shape index (κ2) is 5.23. The lowest BCUT2D eigenvalue weighted by Crippen LogP contribution is -2.29. The van der Waals surface area contributed by atoms with Gasteiger partial charge in [-0.2, -0.15) is 0 Å². The van der Waals surface area contributed by atoms with Crippen LogP contribution in [-0.4, -0.2) is 40.3 Å². The number of rotatable bonds is 5. The van der Waals surface area contributed by atoms with Gasteiger partial charge in [0.15, 0.2) is 0 Å². The molecule has 2 heterocycles. The molecule has 0 bridgehead atoms. The predicted octanol–water partition coefficient (Wildman–Crippen LogP) is 0.435. The van der Waals surface area contributed by atoms with Gasteiger partial charge in [-0.15, -0.1) is 5.10 Å². The SMILES string of the molecule is CC1CCC(CNCCn2ccnn2)O1. The van der Waals surface area contributed by atoms with Crippen LogP contribution in [0.2, 0.25) is 0 Å². The zero-order valence-corrected chi connectivity index (χ0v) is 9.09. The Morgan fingerprint density at radius 1 is 1.53 bits per heavy atom. The van der Waals surface area contributed by atoms with Gasteiger partial charge in [0.1, 0.15) is 0 Å². The van der Waals surface area contributed by atoms with Crippen LogP contribution in [0.1, 0.15) is 19.8 Å². The van der Waals surface area contributed by atoms with Crippen LogP contribution in [0.15, 0.2) is 12.4 Å². The zero-order chi connectivity index (χ0) is 10.5. The molecule has 2 rings (SSSR count). The van der Waals surface area contributed by atoms with E-state index in [1.165, 1.54) is 12.8 Å². The maximum Gasteiger partial charge on any atom is 0.0704 e. The highest BCUT2D eigenvalue weighted by Crippen LogP contribution is 2.17.